The number of hydrogen-bond acceptors (Lipinski definition) is 5. The van der Waals surface area contributed by atoms with Gasteiger partial charge >= 0.3 is 0 Å². The van der Waals surface area contributed by atoms with Crippen LogP contribution in [0.2, 0.25) is 0 Å². The third kappa shape index (κ3) is 4.47. The highest BCUT2D eigenvalue weighted by Gasteiger charge is 2.44. The molecule has 3 heterocycles. The number of nitrogens with zero attached hydrogens (tertiary/aromatic N) is 3. The van der Waals surface area contributed by atoms with Gasteiger partial charge in [0.2, 0.25) is 5.91 Å². The Balaban J connectivity index is 1.47. The van der Waals surface area contributed by atoms with Crippen LogP contribution in [0, 0.1) is 0 Å². The minimum absolute atomic E-state index is 0.126. The molecule has 32 heavy (non-hydrogen) atoms. The normalized spacial score (nSPS) is 20.4. The van der Waals surface area contributed by atoms with Crippen molar-refractivity contribution in [2.24, 2.45) is 0 Å². The van der Waals surface area contributed by atoms with E-state index in [4.69, 9.17) is 4.74 Å². The maximum atomic E-state index is 13.3. The van der Waals surface area contributed by atoms with E-state index in [0.29, 0.717) is 30.9 Å². The zero-order valence-electron chi connectivity index (χ0n) is 19.2. The lowest BCUT2D eigenvalue weighted by molar-refractivity contribution is -0.133. The van der Waals surface area contributed by atoms with Crippen molar-refractivity contribution in [3.05, 3.63) is 53.1 Å². The summed E-state index contributed by atoms with van der Waals surface area (Å²) in [7, 11) is 0. The number of rotatable bonds is 5. The molecule has 2 amide bonds. The lowest BCUT2D eigenvalue weighted by atomic mass is 9.86. The molecule has 0 saturated carbocycles. The molecule has 1 aromatic heterocycles. The van der Waals surface area contributed by atoms with E-state index in [1.807, 2.05) is 32.9 Å². The Hall–Kier alpha value is -2.96. The quantitative estimate of drug-likeness (QED) is 0.774. The van der Waals surface area contributed by atoms with Crippen molar-refractivity contribution in [3.63, 3.8) is 0 Å². The molecule has 0 bridgehead atoms. The second-order valence-electron chi connectivity index (χ2n) is 9.25. The number of aromatic nitrogens is 2. The highest BCUT2D eigenvalue weighted by Crippen LogP contribution is 2.30. The van der Waals surface area contributed by atoms with E-state index in [-0.39, 0.29) is 17.7 Å². The summed E-state index contributed by atoms with van der Waals surface area (Å²) < 4.78 is 5.68. The topological polar surface area (TPSA) is 84.4 Å². The first-order valence-corrected chi connectivity index (χ1v) is 11.6. The highest BCUT2D eigenvalue weighted by atomic mass is 16.5. The van der Waals surface area contributed by atoms with Crippen LogP contribution in [0.5, 0.6) is 5.75 Å². The van der Waals surface area contributed by atoms with Crippen LogP contribution < -0.4 is 10.1 Å². The van der Waals surface area contributed by atoms with Gasteiger partial charge in [0.1, 0.15) is 17.1 Å². The van der Waals surface area contributed by atoms with Crippen molar-refractivity contribution in [3.8, 4) is 5.75 Å². The number of likely N-dealkylation sites (tertiary alicyclic amines) is 1. The summed E-state index contributed by atoms with van der Waals surface area (Å²) in [5, 5.41) is 3.07. The Kier molecular flexibility index (Phi) is 6.44. The van der Waals surface area contributed by atoms with E-state index in [0.717, 1.165) is 43.6 Å². The predicted molar refractivity (Wildman–Crippen MR) is 122 cm³/mol. The largest absolute Gasteiger partial charge is 0.493 e. The second kappa shape index (κ2) is 9.27. The van der Waals surface area contributed by atoms with Crippen molar-refractivity contribution in [1.82, 2.24) is 20.2 Å². The van der Waals surface area contributed by atoms with Crippen LogP contribution in [0.25, 0.3) is 0 Å². The van der Waals surface area contributed by atoms with Crippen LogP contribution in [-0.2, 0) is 17.8 Å². The average molecular weight is 437 g/mol. The van der Waals surface area contributed by atoms with Gasteiger partial charge in [-0.1, -0.05) is 26.0 Å². The number of piperidine rings is 1. The number of benzene rings is 1. The standard InChI is InChI=1S/C25H32N4O3/c1-17(2)22-26-15-20(16-27-22)23(30)29-11-5-4-10-25(29,3)24(31)28-14-18-8-9-21-19(13-18)7-6-12-32-21/h8-9,13,15-17H,4-7,10-12,14H2,1-3H3,(H,28,31)/t25-/m0/s1. The first-order chi connectivity index (χ1) is 15.4. The van der Waals surface area contributed by atoms with Gasteiger partial charge in [-0.15, -0.1) is 0 Å². The van der Waals surface area contributed by atoms with Gasteiger partial charge in [-0.3, -0.25) is 9.59 Å². The van der Waals surface area contributed by atoms with Crippen LogP contribution in [0.3, 0.4) is 0 Å². The summed E-state index contributed by atoms with van der Waals surface area (Å²) in [6.45, 7) is 7.62. The smallest absolute Gasteiger partial charge is 0.257 e. The predicted octanol–water partition coefficient (Wildman–Crippen LogP) is 3.63. The van der Waals surface area contributed by atoms with Crippen molar-refractivity contribution < 1.29 is 14.3 Å². The van der Waals surface area contributed by atoms with Gasteiger partial charge in [-0.2, -0.15) is 0 Å². The molecule has 1 fully saturated rings. The zero-order valence-corrected chi connectivity index (χ0v) is 19.2. The molecule has 0 unspecified atom stereocenters. The van der Waals surface area contributed by atoms with E-state index in [9.17, 15) is 9.59 Å². The zero-order chi connectivity index (χ0) is 22.7. The molecular weight excluding hydrogens is 404 g/mol. The Morgan fingerprint density at radius 1 is 1.19 bits per heavy atom. The number of fused-ring (bicyclic) bond motifs is 1. The second-order valence-corrected chi connectivity index (χ2v) is 9.25. The Bertz CT molecular complexity index is 989. The molecule has 7 nitrogen and oxygen atoms in total. The fourth-order valence-electron chi connectivity index (χ4n) is 4.48. The molecule has 0 aliphatic carbocycles. The fraction of sp³-hybridized carbons (Fsp3) is 0.520. The van der Waals surface area contributed by atoms with Crippen molar-refractivity contribution >= 4 is 11.8 Å². The summed E-state index contributed by atoms with van der Waals surface area (Å²) in [4.78, 5) is 36.9. The van der Waals surface area contributed by atoms with Crippen molar-refractivity contribution in [1.29, 1.82) is 0 Å². The van der Waals surface area contributed by atoms with Crippen LogP contribution in [0.15, 0.2) is 30.6 Å². The molecule has 1 saturated heterocycles. The van der Waals surface area contributed by atoms with Crippen molar-refractivity contribution in [2.75, 3.05) is 13.2 Å². The molecule has 2 aromatic rings. The maximum absolute atomic E-state index is 13.3. The third-order valence-electron chi connectivity index (χ3n) is 6.49. The molecule has 7 heteroatoms. The van der Waals surface area contributed by atoms with Gasteiger partial charge in [0.25, 0.3) is 5.91 Å². The molecule has 0 radical (unpaired) electrons. The average Bonchev–Trinajstić information content (AvgIpc) is 2.82. The number of aryl methyl sites for hydroxylation is 1. The summed E-state index contributed by atoms with van der Waals surface area (Å²) in [6.07, 6.45) is 7.58. The van der Waals surface area contributed by atoms with Gasteiger partial charge in [-0.25, -0.2) is 9.97 Å². The molecule has 1 atom stereocenters. The number of carbonyl (C=O) groups is 2. The number of carbonyl (C=O) groups excluding carboxylic acids is 2. The van der Waals surface area contributed by atoms with Gasteiger partial charge in [0.15, 0.2) is 0 Å². The summed E-state index contributed by atoms with van der Waals surface area (Å²) in [6, 6.07) is 6.08. The van der Waals surface area contributed by atoms with Crippen LogP contribution >= 0.6 is 0 Å². The SMILES string of the molecule is CC(C)c1ncc(C(=O)N2CCCC[C@@]2(C)C(=O)NCc2ccc3c(c2)CCCO3)cn1. The van der Waals surface area contributed by atoms with Crippen LogP contribution in [-0.4, -0.2) is 45.4 Å². The summed E-state index contributed by atoms with van der Waals surface area (Å²) in [5.41, 5.74) is 1.75. The van der Waals surface area contributed by atoms with Crippen LogP contribution in [0.4, 0.5) is 0 Å². The molecule has 1 aromatic carbocycles. The van der Waals surface area contributed by atoms with Crippen molar-refractivity contribution in [2.45, 2.75) is 70.9 Å². The lowest BCUT2D eigenvalue weighted by Crippen LogP contribution is -2.60. The van der Waals surface area contributed by atoms with E-state index >= 15 is 0 Å². The molecule has 2 aliphatic heterocycles. The maximum Gasteiger partial charge on any atom is 0.257 e. The fourth-order valence-corrected chi connectivity index (χ4v) is 4.48. The monoisotopic (exact) mass is 436 g/mol. The molecule has 170 valence electrons. The minimum atomic E-state index is -0.899. The number of amides is 2. The lowest BCUT2D eigenvalue weighted by Gasteiger charge is -2.43. The minimum Gasteiger partial charge on any atom is -0.493 e. The Morgan fingerprint density at radius 2 is 1.97 bits per heavy atom. The first-order valence-electron chi connectivity index (χ1n) is 11.6. The number of nitrogens with one attached hydrogen (secondary N) is 1. The third-order valence-corrected chi connectivity index (χ3v) is 6.49. The number of ether oxygens (including phenoxy) is 1. The van der Waals surface area contributed by atoms with Gasteiger partial charge < -0.3 is 15.0 Å². The molecule has 4 rings (SSSR count). The van der Waals surface area contributed by atoms with Gasteiger partial charge in [-0.05, 0) is 56.2 Å². The summed E-state index contributed by atoms with van der Waals surface area (Å²) >= 11 is 0. The first kappa shape index (κ1) is 22.2. The van der Waals surface area contributed by atoms with Crippen LogP contribution in [0.1, 0.15) is 79.7 Å². The number of hydrogen-bond donors (Lipinski definition) is 1. The van der Waals surface area contributed by atoms with E-state index < -0.39 is 5.54 Å². The molecule has 1 N–H and O–H groups in total. The summed E-state index contributed by atoms with van der Waals surface area (Å²) in [5.74, 6) is 1.52. The Labute approximate surface area is 189 Å². The highest BCUT2D eigenvalue weighted by molar-refractivity contribution is 5.99. The Morgan fingerprint density at radius 3 is 2.72 bits per heavy atom. The molecular formula is C25H32N4O3. The van der Waals surface area contributed by atoms with Gasteiger partial charge in [0.05, 0.1) is 12.2 Å². The van der Waals surface area contributed by atoms with E-state index in [1.54, 1.807) is 17.3 Å². The molecule has 0 spiro atoms. The molecule has 2 aliphatic rings. The van der Waals surface area contributed by atoms with Gasteiger partial charge in [0, 0.05) is 31.4 Å². The van der Waals surface area contributed by atoms with E-state index in [2.05, 4.69) is 21.4 Å². The van der Waals surface area contributed by atoms with E-state index in [1.165, 1.54) is 5.56 Å².